The van der Waals surface area contributed by atoms with Gasteiger partial charge in [-0.25, -0.2) is 0 Å². The molecule has 15 heavy (non-hydrogen) atoms. The van der Waals surface area contributed by atoms with Crippen molar-refractivity contribution in [3.63, 3.8) is 0 Å². The van der Waals surface area contributed by atoms with Crippen molar-refractivity contribution >= 4 is 62.3 Å². The van der Waals surface area contributed by atoms with E-state index >= 15 is 0 Å². The molecule has 1 rings (SSSR count). The summed E-state index contributed by atoms with van der Waals surface area (Å²) in [5, 5.41) is 0.518. The molecule has 0 saturated heterocycles. The second kappa shape index (κ2) is 5.35. The fraction of sp³-hybridized carbons (Fsp3) is 0.800. The van der Waals surface area contributed by atoms with Gasteiger partial charge in [-0.15, -0.1) is 34.8 Å². The fourth-order valence-corrected chi connectivity index (χ4v) is 4.15. The Morgan fingerprint density at radius 1 is 1.40 bits per heavy atom. The van der Waals surface area contributed by atoms with Gasteiger partial charge in [0.05, 0.1) is 10.3 Å². The lowest BCUT2D eigenvalue weighted by Crippen LogP contribution is -2.49. The largest absolute Gasteiger partial charge is 0.122 e. The highest BCUT2D eigenvalue weighted by molar-refractivity contribution is 9.09. The Kier molecular flexibility index (Phi) is 5.15. The lowest BCUT2D eigenvalue weighted by Gasteiger charge is -2.46. The Bertz CT molecular complexity index is 258. The van der Waals surface area contributed by atoms with Crippen molar-refractivity contribution in [2.45, 2.75) is 35.4 Å². The number of rotatable bonds is 2. The third kappa shape index (κ3) is 2.98. The standard InChI is InChI=1S/C10H13BrCl4/c1-9(2-3-12)5-10(15,6-11)8(14)4-7(9)13/h2-3,7-8H,4-6H2,1H3/b3-2+/t7-,8+,9+,10+/m0/s1. The molecule has 4 atom stereocenters. The summed E-state index contributed by atoms with van der Waals surface area (Å²) in [4.78, 5) is -0.446. The highest BCUT2D eigenvalue weighted by Crippen LogP contribution is 2.50. The monoisotopic (exact) mass is 352 g/mol. The molecule has 1 aliphatic carbocycles. The molecule has 0 unspecified atom stereocenters. The van der Waals surface area contributed by atoms with Gasteiger partial charge in [0.25, 0.3) is 0 Å². The molecule has 0 aliphatic heterocycles. The maximum atomic E-state index is 6.48. The second-order valence-corrected chi connectivity index (χ2v) is 6.93. The predicted octanol–water partition coefficient (Wildman–Crippen LogP) is 5.13. The average Bonchev–Trinajstić information content (AvgIpc) is 2.15. The third-order valence-electron chi connectivity index (χ3n) is 3.03. The molecule has 88 valence electrons. The van der Waals surface area contributed by atoms with Gasteiger partial charge in [-0.2, -0.15) is 0 Å². The minimum atomic E-state index is -0.446. The van der Waals surface area contributed by atoms with Gasteiger partial charge in [0.15, 0.2) is 0 Å². The Balaban J connectivity index is 2.94. The maximum absolute atomic E-state index is 6.48. The molecule has 1 saturated carbocycles. The van der Waals surface area contributed by atoms with Crippen LogP contribution in [0.5, 0.6) is 0 Å². The van der Waals surface area contributed by atoms with Crippen molar-refractivity contribution in [1.82, 2.24) is 0 Å². The molecule has 0 radical (unpaired) electrons. The normalized spacial score (nSPS) is 47.3. The molecule has 0 spiro atoms. The summed E-state index contributed by atoms with van der Waals surface area (Å²) in [5.74, 6) is 0. The van der Waals surface area contributed by atoms with Gasteiger partial charge in [-0.1, -0.05) is 40.5 Å². The maximum Gasteiger partial charge on any atom is 0.0715 e. The molecule has 0 nitrogen and oxygen atoms in total. The average molecular weight is 355 g/mol. The molecule has 1 fully saturated rings. The summed E-state index contributed by atoms with van der Waals surface area (Å²) in [6.45, 7) is 2.06. The van der Waals surface area contributed by atoms with E-state index in [2.05, 4.69) is 22.9 Å². The van der Waals surface area contributed by atoms with Crippen molar-refractivity contribution in [2.24, 2.45) is 5.41 Å². The zero-order valence-corrected chi connectivity index (χ0v) is 12.9. The first-order valence-corrected chi connectivity index (χ1v) is 7.50. The van der Waals surface area contributed by atoms with E-state index in [0.29, 0.717) is 11.8 Å². The molecule has 0 aromatic rings. The number of hydrogen-bond donors (Lipinski definition) is 0. The van der Waals surface area contributed by atoms with Crippen LogP contribution in [-0.2, 0) is 0 Å². The number of halogens is 5. The van der Waals surface area contributed by atoms with E-state index < -0.39 is 4.87 Å². The zero-order chi connectivity index (χ0) is 11.7. The van der Waals surface area contributed by atoms with E-state index in [1.807, 2.05) is 6.08 Å². The summed E-state index contributed by atoms with van der Waals surface area (Å²) >= 11 is 28.1. The topological polar surface area (TPSA) is 0 Å². The SMILES string of the molecule is C[C@@]1(/C=C/Cl)C[C@@](Cl)(CBr)[C@H](Cl)C[C@@H]1Cl. The highest BCUT2D eigenvalue weighted by Gasteiger charge is 2.49. The van der Waals surface area contributed by atoms with Gasteiger partial charge in [0.1, 0.15) is 0 Å². The van der Waals surface area contributed by atoms with Crippen LogP contribution in [0, 0.1) is 5.41 Å². The summed E-state index contributed by atoms with van der Waals surface area (Å²) in [5.41, 5.74) is 1.32. The lowest BCUT2D eigenvalue weighted by atomic mass is 9.70. The quantitative estimate of drug-likeness (QED) is 0.603. The molecular weight excluding hydrogens is 342 g/mol. The minimum absolute atomic E-state index is 0.0269. The van der Waals surface area contributed by atoms with Crippen LogP contribution in [-0.4, -0.2) is 21.0 Å². The van der Waals surface area contributed by atoms with Crippen molar-refractivity contribution in [1.29, 1.82) is 0 Å². The molecule has 0 amide bonds. The smallest absolute Gasteiger partial charge is 0.0715 e. The molecule has 1 aliphatic rings. The van der Waals surface area contributed by atoms with Crippen molar-refractivity contribution < 1.29 is 0 Å². The van der Waals surface area contributed by atoms with E-state index in [0.717, 1.165) is 6.42 Å². The molecule has 0 heterocycles. The van der Waals surface area contributed by atoms with Crippen LogP contribution < -0.4 is 0 Å². The van der Waals surface area contributed by atoms with Crippen LogP contribution in [0.1, 0.15) is 19.8 Å². The predicted molar refractivity (Wildman–Crippen MR) is 74.0 cm³/mol. The Hall–Kier alpha value is 1.38. The number of alkyl halides is 4. The van der Waals surface area contributed by atoms with Crippen LogP contribution in [0.15, 0.2) is 11.6 Å². The molecule has 5 heteroatoms. The Morgan fingerprint density at radius 2 is 2.00 bits per heavy atom. The first kappa shape index (κ1) is 14.4. The van der Waals surface area contributed by atoms with Crippen molar-refractivity contribution in [3.05, 3.63) is 11.6 Å². The van der Waals surface area contributed by atoms with Gasteiger partial charge in [0, 0.05) is 21.7 Å². The zero-order valence-electron chi connectivity index (χ0n) is 8.32. The molecular formula is C10H13BrCl4. The van der Waals surface area contributed by atoms with Crippen molar-refractivity contribution in [2.75, 3.05) is 5.33 Å². The van der Waals surface area contributed by atoms with E-state index in [-0.39, 0.29) is 16.2 Å². The minimum Gasteiger partial charge on any atom is -0.122 e. The van der Waals surface area contributed by atoms with Gasteiger partial charge in [0.2, 0.25) is 0 Å². The van der Waals surface area contributed by atoms with Crippen molar-refractivity contribution in [3.8, 4) is 0 Å². The van der Waals surface area contributed by atoms with Gasteiger partial charge >= 0.3 is 0 Å². The van der Waals surface area contributed by atoms with Crippen LogP contribution >= 0.6 is 62.3 Å². The van der Waals surface area contributed by atoms with Crippen LogP contribution in [0.2, 0.25) is 0 Å². The molecule has 0 aromatic heterocycles. The lowest BCUT2D eigenvalue weighted by molar-refractivity contribution is 0.256. The fourth-order valence-electron chi connectivity index (χ4n) is 1.96. The van der Waals surface area contributed by atoms with Gasteiger partial charge in [-0.05, 0) is 12.8 Å². The first-order chi connectivity index (χ1) is 6.88. The van der Waals surface area contributed by atoms with Crippen LogP contribution in [0.25, 0.3) is 0 Å². The summed E-state index contributed by atoms with van der Waals surface area (Å²) in [7, 11) is 0. The third-order valence-corrected chi connectivity index (χ3v) is 6.40. The number of allylic oxidation sites excluding steroid dienone is 1. The Morgan fingerprint density at radius 3 is 2.47 bits per heavy atom. The highest BCUT2D eigenvalue weighted by atomic mass is 79.9. The first-order valence-electron chi connectivity index (χ1n) is 4.69. The van der Waals surface area contributed by atoms with Crippen LogP contribution in [0.3, 0.4) is 0 Å². The summed E-state index contributed by atoms with van der Waals surface area (Å²) in [6, 6.07) is 0. The molecule has 0 aromatic carbocycles. The van der Waals surface area contributed by atoms with Gasteiger partial charge in [-0.3, -0.25) is 0 Å². The molecule has 0 N–H and O–H groups in total. The number of hydrogen-bond acceptors (Lipinski definition) is 0. The van der Waals surface area contributed by atoms with E-state index in [1.165, 1.54) is 5.54 Å². The van der Waals surface area contributed by atoms with E-state index in [4.69, 9.17) is 46.4 Å². The van der Waals surface area contributed by atoms with Crippen LogP contribution in [0.4, 0.5) is 0 Å². The summed E-state index contributed by atoms with van der Waals surface area (Å²) in [6.07, 6.45) is 3.32. The molecule has 0 bridgehead atoms. The summed E-state index contributed by atoms with van der Waals surface area (Å²) < 4.78 is 0. The van der Waals surface area contributed by atoms with E-state index in [1.54, 1.807) is 0 Å². The Labute approximate surface area is 119 Å². The van der Waals surface area contributed by atoms with E-state index in [9.17, 15) is 0 Å². The second-order valence-electron chi connectivity index (χ2n) is 4.31. The van der Waals surface area contributed by atoms with Gasteiger partial charge < -0.3 is 0 Å².